The molecule has 194 valence electrons. The summed E-state index contributed by atoms with van der Waals surface area (Å²) in [6.07, 6.45) is 0. The van der Waals surface area contributed by atoms with Crippen molar-refractivity contribution in [2.75, 3.05) is 10.6 Å². The SMILES string of the molecule is S=C(S)Nc1ccc2c(Nc3ccc4cc5cc6ccccc6cc5cc4c3)c3cc4ccccc4cc3cc2c1. The lowest BCUT2D eigenvalue weighted by Gasteiger charge is -2.16. The Morgan fingerprint density at radius 2 is 0.902 bits per heavy atom. The zero-order valence-electron chi connectivity index (χ0n) is 22.0. The molecule has 0 heterocycles. The molecular formula is C37H24N2S2. The van der Waals surface area contributed by atoms with Gasteiger partial charge >= 0.3 is 0 Å². The van der Waals surface area contributed by atoms with Crippen molar-refractivity contribution in [1.82, 2.24) is 0 Å². The second-order valence-electron chi connectivity index (χ2n) is 10.6. The maximum absolute atomic E-state index is 5.17. The van der Waals surface area contributed by atoms with Crippen LogP contribution < -0.4 is 10.6 Å². The molecule has 4 heteroatoms. The van der Waals surface area contributed by atoms with E-state index in [1.54, 1.807) is 0 Å². The van der Waals surface area contributed by atoms with Crippen LogP contribution in [0.1, 0.15) is 0 Å². The molecule has 0 fully saturated rings. The predicted molar refractivity (Wildman–Crippen MR) is 186 cm³/mol. The largest absolute Gasteiger partial charge is 0.354 e. The van der Waals surface area contributed by atoms with E-state index in [2.05, 4.69) is 151 Å². The van der Waals surface area contributed by atoms with Gasteiger partial charge in [0.05, 0.1) is 5.69 Å². The molecule has 0 aromatic heterocycles. The van der Waals surface area contributed by atoms with Crippen LogP contribution in [0.2, 0.25) is 0 Å². The predicted octanol–water partition coefficient (Wildman–Crippen LogP) is 11.0. The van der Waals surface area contributed by atoms with Gasteiger partial charge in [-0.25, -0.2) is 0 Å². The van der Waals surface area contributed by atoms with E-state index in [9.17, 15) is 0 Å². The molecule has 0 radical (unpaired) electrons. The maximum atomic E-state index is 5.17. The van der Waals surface area contributed by atoms with Gasteiger partial charge in [0.1, 0.15) is 4.32 Å². The van der Waals surface area contributed by atoms with E-state index in [1.165, 1.54) is 53.9 Å². The number of anilines is 3. The van der Waals surface area contributed by atoms with Crippen molar-refractivity contribution in [3.63, 3.8) is 0 Å². The van der Waals surface area contributed by atoms with Gasteiger partial charge in [-0.1, -0.05) is 72.9 Å². The Hall–Kier alpha value is -4.64. The van der Waals surface area contributed by atoms with Crippen molar-refractivity contribution in [2.24, 2.45) is 0 Å². The van der Waals surface area contributed by atoms with E-state index in [-0.39, 0.29) is 0 Å². The van der Waals surface area contributed by atoms with E-state index in [4.69, 9.17) is 12.2 Å². The van der Waals surface area contributed by atoms with E-state index < -0.39 is 0 Å². The monoisotopic (exact) mass is 560 g/mol. The van der Waals surface area contributed by atoms with Crippen LogP contribution >= 0.6 is 24.8 Å². The standard InChI is InChI=1S/C37H24N2S2/c40-37(41)39-33-11-12-34-31(20-33)18-30-16-24-7-3-4-8-25(24)21-35(30)36(34)38-32-10-9-26-15-27-13-22-5-1-2-6-23(22)14-28(27)17-29(26)19-32/h1-21,38H,(H2,39,40,41). The topological polar surface area (TPSA) is 24.1 Å². The number of thiocarbonyl (C=S) groups is 1. The van der Waals surface area contributed by atoms with Crippen LogP contribution in [0.5, 0.6) is 0 Å². The Balaban J connectivity index is 1.31. The van der Waals surface area contributed by atoms with Gasteiger partial charge in [-0.2, -0.15) is 0 Å². The quantitative estimate of drug-likeness (QED) is 0.114. The van der Waals surface area contributed by atoms with Gasteiger partial charge in [-0.3, -0.25) is 0 Å². The summed E-state index contributed by atoms with van der Waals surface area (Å²) >= 11 is 9.44. The molecule has 0 amide bonds. The number of thiol groups is 1. The second-order valence-corrected chi connectivity index (χ2v) is 11.8. The first-order valence-corrected chi connectivity index (χ1v) is 14.5. The Morgan fingerprint density at radius 1 is 0.439 bits per heavy atom. The molecule has 0 aliphatic rings. The smallest absolute Gasteiger partial charge is 0.135 e. The highest BCUT2D eigenvalue weighted by Crippen LogP contribution is 2.39. The van der Waals surface area contributed by atoms with Gasteiger partial charge in [-0.15, -0.1) is 12.6 Å². The first-order valence-electron chi connectivity index (χ1n) is 13.6. The summed E-state index contributed by atoms with van der Waals surface area (Å²) in [5.41, 5.74) is 3.07. The number of hydrogen-bond donors (Lipinski definition) is 3. The summed E-state index contributed by atoms with van der Waals surface area (Å²) in [6.45, 7) is 0. The highest BCUT2D eigenvalue weighted by Gasteiger charge is 2.12. The van der Waals surface area contributed by atoms with Crippen LogP contribution in [-0.4, -0.2) is 4.32 Å². The van der Waals surface area contributed by atoms with Crippen LogP contribution in [0, 0.1) is 0 Å². The highest BCUT2D eigenvalue weighted by molar-refractivity contribution is 8.11. The van der Waals surface area contributed by atoms with Gasteiger partial charge in [-0.05, 0) is 121 Å². The molecule has 0 unspecified atom stereocenters. The van der Waals surface area contributed by atoms with Gasteiger partial charge < -0.3 is 10.6 Å². The molecule has 8 rings (SSSR count). The van der Waals surface area contributed by atoms with Crippen LogP contribution in [0.25, 0.3) is 64.6 Å². The summed E-state index contributed by atoms with van der Waals surface area (Å²) < 4.78 is 0.450. The number of nitrogens with one attached hydrogen (secondary N) is 2. The lowest BCUT2D eigenvalue weighted by Crippen LogP contribution is -2.00. The van der Waals surface area contributed by atoms with Crippen molar-refractivity contribution in [2.45, 2.75) is 0 Å². The molecule has 2 N–H and O–H groups in total. The number of fused-ring (bicyclic) bond motifs is 6. The van der Waals surface area contributed by atoms with Gasteiger partial charge in [0.2, 0.25) is 0 Å². The van der Waals surface area contributed by atoms with Crippen molar-refractivity contribution in [3.8, 4) is 0 Å². The summed E-state index contributed by atoms with van der Waals surface area (Å²) in [6, 6.07) is 46.0. The van der Waals surface area contributed by atoms with Crippen LogP contribution in [0.3, 0.4) is 0 Å². The molecule has 0 saturated heterocycles. The number of rotatable bonds is 3. The molecule has 0 bridgehead atoms. The van der Waals surface area contributed by atoms with E-state index in [0.29, 0.717) is 4.32 Å². The Morgan fingerprint density at radius 3 is 1.56 bits per heavy atom. The summed E-state index contributed by atoms with van der Waals surface area (Å²) in [4.78, 5) is 0. The lowest BCUT2D eigenvalue weighted by atomic mass is 9.96. The summed E-state index contributed by atoms with van der Waals surface area (Å²) in [7, 11) is 0. The molecule has 0 aliphatic carbocycles. The minimum Gasteiger partial charge on any atom is -0.354 e. The molecule has 2 nitrogen and oxygen atoms in total. The molecule has 41 heavy (non-hydrogen) atoms. The number of benzene rings is 8. The Kier molecular flexibility index (Phi) is 5.59. The average Bonchev–Trinajstić information content (AvgIpc) is 2.97. The molecule has 0 saturated carbocycles. The van der Waals surface area contributed by atoms with Crippen molar-refractivity contribution >= 4 is 111 Å². The third-order valence-electron chi connectivity index (χ3n) is 8.00. The van der Waals surface area contributed by atoms with Crippen molar-refractivity contribution in [3.05, 3.63) is 127 Å². The van der Waals surface area contributed by atoms with Crippen LogP contribution in [-0.2, 0) is 0 Å². The fourth-order valence-electron chi connectivity index (χ4n) is 6.07. The Bertz CT molecular complexity index is 2360. The normalized spacial score (nSPS) is 11.6. The minimum absolute atomic E-state index is 0.450. The molecule has 8 aromatic carbocycles. The third kappa shape index (κ3) is 4.33. The summed E-state index contributed by atoms with van der Waals surface area (Å²) in [5.74, 6) is 0. The average molecular weight is 561 g/mol. The van der Waals surface area contributed by atoms with Gasteiger partial charge in [0.25, 0.3) is 0 Å². The fourth-order valence-corrected chi connectivity index (χ4v) is 6.31. The molecule has 0 aliphatic heterocycles. The van der Waals surface area contributed by atoms with E-state index >= 15 is 0 Å². The van der Waals surface area contributed by atoms with Crippen molar-refractivity contribution < 1.29 is 0 Å². The maximum Gasteiger partial charge on any atom is 0.135 e. The molecule has 8 aromatic rings. The summed E-state index contributed by atoms with van der Waals surface area (Å²) in [5, 5.41) is 21.5. The van der Waals surface area contributed by atoms with Crippen LogP contribution in [0.4, 0.5) is 17.1 Å². The first-order chi connectivity index (χ1) is 20.1. The minimum atomic E-state index is 0.450. The molecule has 0 spiro atoms. The third-order valence-corrected chi connectivity index (χ3v) is 8.21. The molecule has 0 atom stereocenters. The van der Waals surface area contributed by atoms with E-state index in [1.807, 2.05) is 0 Å². The molecular weight excluding hydrogens is 537 g/mol. The number of hydrogen-bond acceptors (Lipinski definition) is 2. The second kappa shape index (κ2) is 9.48. The van der Waals surface area contributed by atoms with Gasteiger partial charge in [0, 0.05) is 22.1 Å². The van der Waals surface area contributed by atoms with Gasteiger partial charge in [0.15, 0.2) is 0 Å². The van der Waals surface area contributed by atoms with E-state index in [0.717, 1.165) is 27.8 Å². The van der Waals surface area contributed by atoms with Crippen LogP contribution in [0.15, 0.2) is 127 Å². The zero-order valence-corrected chi connectivity index (χ0v) is 23.7. The van der Waals surface area contributed by atoms with Crippen molar-refractivity contribution in [1.29, 1.82) is 0 Å². The lowest BCUT2D eigenvalue weighted by molar-refractivity contribution is 1.63. The fraction of sp³-hybridized carbons (Fsp3) is 0. The highest BCUT2D eigenvalue weighted by atomic mass is 32.1. The Labute approximate surface area is 248 Å². The zero-order chi connectivity index (χ0) is 27.5. The first kappa shape index (κ1) is 24.2.